The Balaban J connectivity index is 1.23. The molecule has 2 saturated heterocycles. The van der Waals surface area contributed by atoms with Crippen LogP contribution in [0.15, 0.2) is 52.3 Å². The first-order chi connectivity index (χ1) is 24.7. The number of allylic oxidation sites excluding steroid dienone is 1. The van der Waals surface area contributed by atoms with Crippen molar-refractivity contribution in [3.63, 3.8) is 0 Å². The number of carbonyl (C=O) groups excluding carboxylic acids is 4. The number of aromatic nitrogens is 1. The topological polar surface area (TPSA) is 121 Å². The second-order valence-electron chi connectivity index (χ2n) is 13.6. The number of carbonyl (C=O) groups is 4. The largest absolute Gasteiger partial charge is 0.466 e. The lowest BCUT2D eigenvalue weighted by molar-refractivity contribution is -0.137. The molecule has 2 aromatic rings. The van der Waals surface area contributed by atoms with E-state index in [-0.39, 0.29) is 39.1 Å². The van der Waals surface area contributed by atoms with E-state index in [4.69, 9.17) is 32.7 Å². The smallest absolute Gasteiger partial charge is 0.336 e. The van der Waals surface area contributed by atoms with Crippen LogP contribution < -0.4 is 5.32 Å². The molecule has 1 aromatic heterocycles. The molecule has 1 N–H and O–H groups in total. The molecule has 1 aromatic carbocycles. The van der Waals surface area contributed by atoms with E-state index in [9.17, 15) is 19.2 Å². The van der Waals surface area contributed by atoms with Crippen molar-refractivity contribution in [1.82, 2.24) is 25.0 Å². The summed E-state index contributed by atoms with van der Waals surface area (Å²) in [5.41, 5.74) is 1.40. The van der Waals surface area contributed by atoms with Crippen LogP contribution in [0.1, 0.15) is 74.3 Å². The highest BCUT2D eigenvalue weighted by atomic mass is 35.5. The second kappa shape index (κ2) is 16.5. The summed E-state index contributed by atoms with van der Waals surface area (Å²) in [5, 5.41) is 6.57. The van der Waals surface area contributed by atoms with Gasteiger partial charge in [-0.25, -0.2) is 14.6 Å². The minimum absolute atomic E-state index is 0.0289. The number of hydrogen-bond donors (Lipinski definition) is 1. The lowest BCUT2D eigenvalue weighted by Crippen LogP contribution is -2.52. The average Bonchev–Trinajstić information content (AvgIpc) is 3.93. The molecule has 1 atom stereocenters. The van der Waals surface area contributed by atoms with Gasteiger partial charge in [-0.1, -0.05) is 42.1 Å². The van der Waals surface area contributed by atoms with Crippen LogP contribution in [0.4, 0.5) is 0 Å². The molecule has 3 aliphatic heterocycles. The number of methoxy groups -OCH3 is 2. The third kappa shape index (κ3) is 7.99. The number of ether oxygens (including phenoxy) is 2. The van der Waals surface area contributed by atoms with Crippen molar-refractivity contribution in [2.45, 2.75) is 75.7 Å². The standard InChI is InChI=1S/C37H45Cl2N5O6S/c1-49-35(47)32-26(10-11-28-40-15-22-51-28)41-27(33(36(48)50-2)34(32)31-24(38)7-5-8-25(31)39)23-30(46)43-20-18-42(19-21-43)17-14-37(12-3-4-13-37)44-16-6-9-29(44)45/h5,7-8,15,22,34,41H,3-4,6,9-14,16-21,23H2,1-2H3. The number of likely N-dealkylation sites (tertiary alicyclic amines) is 1. The van der Waals surface area contributed by atoms with Crippen LogP contribution in [0.25, 0.3) is 0 Å². The predicted octanol–water partition coefficient (Wildman–Crippen LogP) is 5.48. The third-order valence-corrected chi connectivity index (χ3v) is 12.3. The number of amides is 2. The predicted molar refractivity (Wildman–Crippen MR) is 195 cm³/mol. The number of nitrogens with zero attached hydrogens (tertiary/aromatic N) is 4. The van der Waals surface area contributed by atoms with Crippen molar-refractivity contribution in [2.75, 3.05) is 53.5 Å². The van der Waals surface area contributed by atoms with Crippen molar-refractivity contribution in [3.05, 3.63) is 72.9 Å². The van der Waals surface area contributed by atoms with Crippen LogP contribution in [0, 0.1) is 0 Å². The van der Waals surface area contributed by atoms with E-state index in [1.807, 2.05) is 10.3 Å². The monoisotopic (exact) mass is 757 g/mol. The number of thiazole rings is 1. The number of benzene rings is 1. The maximum absolute atomic E-state index is 14.0. The SMILES string of the molecule is COC(=O)C1=C(CCc2nccs2)NC(CC(=O)N2CCN(CCC3(N4CCCC4=O)CCCC3)CC2)=C(C(=O)OC)C1c1c(Cl)cccc1Cl. The van der Waals surface area contributed by atoms with E-state index in [1.54, 1.807) is 24.4 Å². The van der Waals surface area contributed by atoms with Crippen molar-refractivity contribution >= 4 is 58.3 Å². The van der Waals surface area contributed by atoms with E-state index in [2.05, 4.69) is 20.1 Å². The van der Waals surface area contributed by atoms with Crippen molar-refractivity contribution in [2.24, 2.45) is 0 Å². The van der Waals surface area contributed by atoms with Gasteiger partial charge >= 0.3 is 11.9 Å². The van der Waals surface area contributed by atoms with Gasteiger partial charge in [0.1, 0.15) is 0 Å². The van der Waals surface area contributed by atoms with Gasteiger partial charge in [-0.2, -0.15) is 0 Å². The molecule has 6 rings (SSSR count). The number of piperazine rings is 1. The Hall–Kier alpha value is -3.45. The molecular weight excluding hydrogens is 713 g/mol. The summed E-state index contributed by atoms with van der Waals surface area (Å²) in [4.78, 5) is 64.7. The Bertz CT molecular complexity index is 1680. The quantitative estimate of drug-likeness (QED) is 0.281. The number of nitrogens with one attached hydrogen (secondary N) is 1. The maximum Gasteiger partial charge on any atom is 0.336 e. The molecule has 0 bridgehead atoms. The second-order valence-corrected chi connectivity index (χ2v) is 15.4. The highest BCUT2D eigenvalue weighted by Crippen LogP contribution is 2.46. The molecule has 274 valence electrons. The summed E-state index contributed by atoms with van der Waals surface area (Å²) >= 11 is 15.0. The van der Waals surface area contributed by atoms with Crippen LogP contribution in [-0.4, -0.2) is 102 Å². The Morgan fingerprint density at radius 3 is 2.20 bits per heavy atom. The first kappa shape index (κ1) is 37.3. The maximum atomic E-state index is 14.0. The summed E-state index contributed by atoms with van der Waals surface area (Å²) in [5.74, 6) is -2.28. The van der Waals surface area contributed by atoms with Crippen molar-refractivity contribution in [3.8, 4) is 0 Å². The third-order valence-electron chi connectivity index (χ3n) is 10.8. The fourth-order valence-electron chi connectivity index (χ4n) is 8.22. The number of halogens is 2. The summed E-state index contributed by atoms with van der Waals surface area (Å²) in [6.45, 7) is 4.26. The van der Waals surface area contributed by atoms with Gasteiger partial charge in [-0.15, -0.1) is 11.3 Å². The van der Waals surface area contributed by atoms with Gasteiger partial charge in [-0.3, -0.25) is 14.5 Å². The Morgan fingerprint density at radius 2 is 1.61 bits per heavy atom. The number of aryl methyl sites for hydroxylation is 1. The van der Waals surface area contributed by atoms with E-state index in [0.717, 1.165) is 69.7 Å². The Morgan fingerprint density at radius 1 is 0.941 bits per heavy atom. The average molecular weight is 759 g/mol. The fraction of sp³-hybridized carbons (Fsp3) is 0.541. The summed E-state index contributed by atoms with van der Waals surface area (Å²) in [7, 11) is 2.53. The van der Waals surface area contributed by atoms with Crippen molar-refractivity contribution < 1.29 is 28.7 Å². The first-order valence-electron chi connectivity index (χ1n) is 17.7. The Labute approximate surface area is 312 Å². The van der Waals surface area contributed by atoms with Gasteiger partial charge in [0.05, 0.1) is 42.7 Å². The fourth-order valence-corrected chi connectivity index (χ4v) is 9.46. The summed E-state index contributed by atoms with van der Waals surface area (Å²) < 4.78 is 10.5. The zero-order valence-electron chi connectivity index (χ0n) is 29.2. The molecule has 4 heterocycles. The van der Waals surface area contributed by atoms with Gasteiger partial charge in [0.25, 0.3) is 0 Å². The van der Waals surface area contributed by atoms with Crippen LogP contribution in [-0.2, 0) is 35.1 Å². The van der Waals surface area contributed by atoms with Gasteiger partial charge in [0, 0.05) is 96.2 Å². The lowest BCUT2D eigenvalue weighted by atomic mass is 9.78. The van der Waals surface area contributed by atoms with Gasteiger partial charge < -0.3 is 24.6 Å². The molecular formula is C37H45Cl2N5O6S. The molecule has 11 nitrogen and oxygen atoms in total. The number of rotatable bonds is 12. The minimum Gasteiger partial charge on any atom is -0.466 e. The molecule has 1 unspecified atom stereocenters. The molecule has 4 aliphatic rings. The summed E-state index contributed by atoms with van der Waals surface area (Å²) in [6.07, 6.45) is 9.48. The Kier molecular flexibility index (Phi) is 12.1. The van der Waals surface area contributed by atoms with Crippen molar-refractivity contribution in [1.29, 1.82) is 0 Å². The van der Waals surface area contributed by atoms with Gasteiger partial charge in [0.15, 0.2) is 0 Å². The lowest BCUT2D eigenvalue weighted by Gasteiger charge is -2.42. The molecule has 2 amide bonds. The number of esters is 2. The van der Waals surface area contributed by atoms with Crippen LogP contribution in [0.2, 0.25) is 10.0 Å². The van der Waals surface area contributed by atoms with E-state index in [1.165, 1.54) is 25.6 Å². The molecule has 1 aliphatic carbocycles. The molecule has 51 heavy (non-hydrogen) atoms. The minimum atomic E-state index is -1.05. The molecule has 0 spiro atoms. The van der Waals surface area contributed by atoms with Crippen LogP contribution >= 0.6 is 34.5 Å². The van der Waals surface area contributed by atoms with Crippen LogP contribution in [0.3, 0.4) is 0 Å². The normalized spacial score (nSPS) is 20.9. The highest BCUT2D eigenvalue weighted by Gasteiger charge is 2.44. The first-order valence-corrected chi connectivity index (χ1v) is 19.3. The van der Waals surface area contributed by atoms with E-state index >= 15 is 0 Å². The van der Waals surface area contributed by atoms with Crippen LogP contribution in [0.5, 0.6) is 0 Å². The zero-order valence-corrected chi connectivity index (χ0v) is 31.5. The summed E-state index contributed by atoms with van der Waals surface area (Å²) in [6, 6.07) is 4.97. The molecule has 14 heteroatoms. The molecule has 1 saturated carbocycles. The van der Waals surface area contributed by atoms with Gasteiger partial charge in [-0.05, 0) is 44.2 Å². The molecule has 3 fully saturated rings. The molecule has 0 radical (unpaired) electrons. The number of dihydropyridines is 1. The van der Waals surface area contributed by atoms with E-state index in [0.29, 0.717) is 55.2 Å². The number of hydrogen-bond acceptors (Lipinski definition) is 10. The van der Waals surface area contributed by atoms with E-state index < -0.39 is 17.9 Å². The van der Waals surface area contributed by atoms with Gasteiger partial charge in [0.2, 0.25) is 11.8 Å². The highest BCUT2D eigenvalue weighted by molar-refractivity contribution is 7.09. The zero-order chi connectivity index (χ0) is 36.1.